The fourth-order valence-electron chi connectivity index (χ4n) is 3.32. The maximum atomic E-state index is 15.2. The molecule has 1 aromatic heterocycles. The van der Waals surface area contributed by atoms with E-state index in [0.29, 0.717) is 40.6 Å². The van der Waals surface area contributed by atoms with Crippen LogP contribution in [0.3, 0.4) is 0 Å². The third-order valence-electron chi connectivity index (χ3n) is 4.93. The predicted octanol–water partition coefficient (Wildman–Crippen LogP) is 5.45. The van der Waals surface area contributed by atoms with Gasteiger partial charge in [-0.05, 0) is 35.6 Å². The van der Waals surface area contributed by atoms with Crippen LogP contribution in [0.4, 0.5) is 4.39 Å². The summed E-state index contributed by atoms with van der Waals surface area (Å²) in [5, 5.41) is 0.237. The van der Waals surface area contributed by atoms with E-state index in [-0.39, 0.29) is 30.3 Å². The average Bonchev–Trinajstić information content (AvgIpc) is 3.07. The maximum Gasteiger partial charge on any atom is 0.338 e. The Hall–Kier alpha value is -2.90. The normalized spacial score (nSPS) is 11.5. The van der Waals surface area contributed by atoms with E-state index in [1.165, 1.54) is 6.07 Å². The first-order valence-electron chi connectivity index (χ1n) is 10.8. The van der Waals surface area contributed by atoms with E-state index >= 15 is 4.39 Å². The number of hydrogen-bond donors (Lipinski definition) is 1. The van der Waals surface area contributed by atoms with Crippen LogP contribution in [0.5, 0.6) is 6.01 Å². The molecule has 33 heavy (non-hydrogen) atoms. The Morgan fingerprint density at radius 2 is 1.94 bits per heavy atom. The molecule has 0 atom stereocenters. The smallest absolute Gasteiger partial charge is 0.338 e. The highest BCUT2D eigenvalue weighted by Crippen LogP contribution is 2.29. The Labute approximate surface area is 198 Å². The van der Waals surface area contributed by atoms with Crippen LogP contribution < -0.4 is 10.5 Å². The van der Waals surface area contributed by atoms with Gasteiger partial charge in [-0.15, -0.1) is 0 Å². The van der Waals surface area contributed by atoms with Crippen molar-refractivity contribution in [2.24, 2.45) is 11.1 Å². The van der Waals surface area contributed by atoms with E-state index in [2.05, 4.69) is 4.98 Å². The lowest BCUT2D eigenvalue weighted by atomic mass is 9.97. The van der Waals surface area contributed by atoms with E-state index in [4.69, 9.17) is 26.8 Å². The molecule has 0 radical (unpaired) electrons. The molecule has 0 bridgehead atoms. The zero-order valence-corrected chi connectivity index (χ0v) is 20.1. The van der Waals surface area contributed by atoms with Crippen molar-refractivity contribution in [1.82, 2.24) is 9.55 Å². The zero-order valence-electron chi connectivity index (χ0n) is 19.3. The van der Waals surface area contributed by atoms with E-state index in [9.17, 15) is 4.79 Å². The molecule has 0 aliphatic heterocycles. The Morgan fingerprint density at radius 1 is 1.21 bits per heavy atom. The van der Waals surface area contributed by atoms with Crippen molar-refractivity contribution in [3.8, 4) is 17.1 Å². The van der Waals surface area contributed by atoms with Crippen molar-refractivity contribution in [2.45, 2.75) is 40.8 Å². The third kappa shape index (κ3) is 5.92. The van der Waals surface area contributed by atoms with Gasteiger partial charge in [0.05, 0.1) is 31.0 Å². The molecule has 2 aromatic carbocycles. The molecule has 2 N–H and O–H groups in total. The van der Waals surface area contributed by atoms with Gasteiger partial charge in [0.2, 0.25) is 0 Å². The molecular weight excluding hydrogens is 445 g/mol. The van der Waals surface area contributed by atoms with Crippen LogP contribution in [0.2, 0.25) is 5.15 Å². The summed E-state index contributed by atoms with van der Waals surface area (Å²) in [6.07, 6.45) is 0. The summed E-state index contributed by atoms with van der Waals surface area (Å²) in [7, 11) is 0. The summed E-state index contributed by atoms with van der Waals surface area (Å²) >= 11 is 6.17. The molecule has 3 rings (SSSR count). The number of esters is 1. The van der Waals surface area contributed by atoms with Crippen molar-refractivity contribution in [2.75, 3.05) is 13.2 Å². The highest BCUT2D eigenvalue weighted by molar-refractivity contribution is 6.30. The van der Waals surface area contributed by atoms with Gasteiger partial charge < -0.3 is 15.2 Å². The third-order valence-corrected chi connectivity index (χ3v) is 5.23. The lowest BCUT2D eigenvalue weighted by molar-refractivity contribution is 0.0368. The number of nitrogens with zero attached hydrogens (tertiary/aromatic N) is 2. The minimum Gasteiger partial charge on any atom is -0.465 e. The molecular formula is C25H29ClFN3O3. The highest BCUT2D eigenvalue weighted by Gasteiger charge is 2.20. The van der Waals surface area contributed by atoms with Crippen LogP contribution in [0.15, 0.2) is 42.5 Å². The minimum atomic E-state index is -0.438. The van der Waals surface area contributed by atoms with E-state index in [0.717, 1.165) is 0 Å². The van der Waals surface area contributed by atoms with Gasteiger partial charge in [0.15, 0.2) is 5.15 Å². The first-order chi connectivity index (χ1) is 15.6. The molecule has 0 aliphatic rings. The van der Waals surface area contributed by atoms with Crippen molar-refractivity contribution in [1.29, 1.82) is 0 Å². The first kappa shape index (κ1) is 24.7. The molecule has 0 saturated carbocycles. The number of imidazole rings is 1. The Bertz CT molecular complexity index is 1140. The summed E-state index contributed by atoms with van der Waals surface area (Å²) in [6.45, 7) is 8.76. The largest absolute Gasteiger partial charge is 0.465 e. The fraction of sp³-hybridized carbons (Fsp3) is 0.360. The van der Waals surface area contributed by atoms with Crippen LogP contribution >= 0.6 is 11.6 Å². The van der Waals surface area contributed by atoms with Crippen molar-refractivity contribution in [3.63, 3.8) is 0 Å². The second-order valence-corrected chi connectivity index (χ2v) is 9.20. The van der Waals surface area contributed by atoms with Gasteiger partial charge in [-0.2, -0.15) is 4.98 Å². The molecule has 3 aromatic rings. The van der Waals surface area contributed by atoms with Gasteiger partial charge in [0, 0.05) is 12.1 Å². The van der Waals surface area contributed by atoms with Gasteiger partial charge in [0.25, 0.3) is 6.01 Å². The number of ether oxygens (including phenoxy) is 2. The average molecular weight is 474 g/mol. The molecule has 6 nitrogen and oxygen atoms in total. The molecule has 176 valence electrons. The quantitative estimate of drug-likeness (QED) is 0.440. The predicted molar refractivity (Wildman–Crippen MR) is 127 cm³/mol. The standard InChI is InChI=1S/C25H29ClFN3O3/c1-5-32-24-29-22(26)21(13-28)30(24)14-17-11-10-16(12-20(17)27)18-8-6-7-9-19(18)23(31)33-15-25(2,3)4/h6-12H,5,13-15,28H2,1-4H3. The van der Waals surface area contributed by atoms with Crippen LogP contribution in [0, 0.1) is 11.2 Å². The summed E-state index contributed by atoms with van der Waals surface area (Å²) in [4.78, 5) is 16.9. The molecule has 0 unspecified atom stereocenters. The molecule has 8 heteroatoms. The lowest BCUT2D eigenvalue weighted by Crippen LogP contribution is -2.18. The van der Waals surface area contributed by atoms with E-state index in [1.807, 2.05) is 27.7 Å². The summed E-state index contributed by atoms with van der Waals surface area (Å²) in [6, 6.07) is 12.2. The molecule has 1 heterocycles. The number of nitrogens with two attached hydrogens (primary N) is 1. The van der Waals surface area contributed by atoms with Crippen LogP contribution in [-0.4, -0.2) is 28.7 Å². The number of halogens is 2. The molecule has 0 spiro atoms. The molecule has 0 aliphatic carbocycles. The van der Waals surface area contributed by atoms with Gasteiger partial charge in [0.1, 0.15) is 5.82 Å². The number of carbonyl (C=O) groups is 1. The summed E-state index contributed by atoms with van der Waals surface area (Å²) in [5.74, 6) is -0.868. The second kappa shape index (κ2) is 10.4. The SMILES string of the molecule is CCOc1nc(Cl)c(CN)n1Cc1ccc(-c2ccccc2C(=O)OCC(C)(C)C)cc1F. The number of carbonyl (C=O) groups excluding carboxylic acids is 1. The molecule has 0 fully saturated rings. The monoisotopic (exact) mass is 473 g/mol. The van der Waals surface area contributed by atoms with Crippen LogP contribution in [-0.2, 0) is 17.8 Å². The first-order valence-corrected chi connectivity index (χ1v) is 11.1. The van der Waals surface area contributed by atoms with Crippen molar-refractivity contribution in [3.05, 3.63) is 70.3 Å². The van der Waals surface area contributed by atoms with Crippen LogP contribution in [0.25, 0.3) is 11.1 Å². The topological polar surface area (TPSA) is 79.4 Å². The summed E-state index contributed by atoms with van der Waals surface area (Å²) < 4.78 is 27.8. The summed E-state index contributed by atoms with van der Waals surface area (Å²) in [5.41, 5.74) is 8.20. The zero-order chi connectivity index (χ0) is 24.2. The van der Waals surface area contributed by atoms with Gasteiger partial charge in [-0.1, -0.05) is 62.7 Å². The highest BCUT2D eigenvalue weighted by atomic mass is 35.5. The number of benzene rings is 2. The Balaban J connectivity index is 1.91. The Kier molecular flexibility index (Phi) is 7.76. The second-order valence-electron chi connectivity index (χ2n) is 8.84. The van der Waals surface area contributed by atoms with E-state index in [1.54, 1.807) is 41.0 Å². The molecule has 0 amide bonds. The number of aromatic nitrogens is 2. The van der Waals surface area contributed by atoms with Crippen molar-refractivity contribution < 1.29 is 18.7 Å². The number of rotatable bonds is 8. The Morgan fingerprint density at radius 3 is 2.58 bits per heavy atom. The lowest BCUT2D eigenvalue weighted by Gasteiger charge is -2.18. The van der Waals surface area contributed by atoms with Gasteiger partial charge in [-0.25, -0.2) is 9.18 Å². The molecule has 0 saturated heterocycles. The fourth-order valence-corrected chi connectivity index (χ4v) is 3.57. The minimum absolute atomic E-state index is 0.142. The van der Waals surface area contributed by atoms with Crippen LogP contribution in [0.1, 0.15) is 49.3 Å². The van der Waals surface area contributed by atoms with E-state index < -0.39 is 11.8 Å². The maximum absolute atomic E-state index is 15.2. The van der Waals surface area contributed by atoms with Gasteiger partial charge >= 0.3 is 5.97 Å². The number of hydrogen-bond acceptors (Lipinski definition) is 5. The van der Waals surface area contributed by atoms with Crippen molar-refractivity contribution >= 4 is 17.6 Å². The van der Waals surface area contributed by atoms with Gasteiger partial charge in [-0.3, -0.25) is 4.57 Å².